The molecule has 1 amide bonds. The molecule has 9 heteroatoms. The number of nitrogens with zero attached hydrogens (tertiary/aromatic N) is 2. The van der Waals surface area contributed by atoms with Gasteiger partial charge < -0.3 is 11.1 Å². The number of primary sulfonamides is 1. The van der Waals surface area contributed by atoms with Gasteiger partial charge >= 0.3 is 0 Å². The lowest BCUT2D eigenvalue weighted by atomic mass is 10.3. The Bertz CT molecular complexity index is 765. The Hall–Kier alpha value is -2.39. The molecule has 112 valence electrons. The third-order valence-corrected chi connectivity index (χ3v) is 3.70. The highest BCUT2D eigenvalue weighted by atomic mass is 32.2. The number of aryl methyl sites for hydroxylation is 1. The number of rotatable bonds is 4. The highest BCUT2D eigenvalue weighted by Crippen LogP contribution is 2.15. The zero-order valence-electron chi connectivity index (χ0n) is 11.3. The molecule has 0 aliphatic carbocycles. The Balaban J connectivity index is 2.18. The molecule has 8 nitrogen and oxygen atoms in total. The number of benzene rings is 1. The summed E-state index contributed by atoms with van der Waals surface area (Å²) in [4.78, 5) is 12.0. The van der Waals surface area contributed by atoms with Gasteiger partial charge in [-0.1, -0.05) is 0 Å². The fourth-order valence-corrected chi connectivity index (χ4v) is 2.21. The molecule has 2 rings (SSSR count). The van der Waals surface area contributed by atoms with Gasteiger partial charge in [0.05, 0.1) is 10.6 Å². The van der Waals surface area contributed by atoms with Crippen LogP contribution in [0, 0.1) is 0 Å². The van der Waals surface area contributed by atoms with Crippen molar-refractivity contribution in [1.29, 1.82) is 0 Å². The van der Waals surface area contributed by atoms with Gasteiger partial charge in [-0.25, -0.2) is 13.6 Å². The predicted molar refractivity (Wildman–Crippen MR) is 78.1 cm³/mol. The van der Waals surface area contributed by atoms with Crippen molar-refractivity contribution in [2.45, 2.75) is 18.4 Å². The molecule has 0 saturated heterocycles. The molecule has 0 aliphatic rings. The Morgan fingerprint density at radius 2 is 1.95 bits per heavy atom. The molecule has 0 unspecified atom stereocenters. The molecular formula is C12H15N5O3S. The van der Waals surface area contributed by atoms with E-state index in [0.29, 0.717) is 12.2 Å². The van der Waals surface area contributed by atoms with E-state index in [1.165, 1.54) is 24.3 Å². The number of amides is 1. The monoisotopic (exact) mass is 309 g/mol. The van der Waals surface area contributed by atoms with E-state index in [1.807, 2.05) is 6.92 Å². The van der Waals surface area contributed by atoms with Gasteiger partial charge in [0.1, 0.15) is 0 Å². The van der Waals surface area contributed by atoms with Crippen molar-refractivity contribution in [3.05, 3.63) is 36.2 Å². The molecule has 0 aliphatic heterocycles. The van der Waals surface area contributed by atoms with E-state index in [-0.39, 0.29) is 16.3 Å². The van der Waals surface area contributed by atoms with E-state index < -0.39 is 15.9 Å². The number of carbonyl (C=O) groups is 1. The minimum absolute atomic E-state index is 0.0322. The summed E-state index contributed by atoms with van der Waals surface area (Å²) in [6.45, 7) is 2.47. The molecule has 0 atom stereocenters. The summed E-state index contributed by atoms with van der Waals surface area (Å²) in [5.41, 5.74) is 6.52. The Kier molecular flexibility index (Phi) is 3.96. The molecule has 2 aromatic rings. The number of sulfonamides is 1. The van der Waals surface area contributed by atoms with Crippen molar-refractivity contribution in [2.24, 2.45) is 5.14 Å². The van der Waals surface area contributed by atoms with Crippen LogP contribution in [0.2, 0.25) is 0 Å². The number of carbonyl (C=O) groups excluding carboxylic acids is 1. The van der Waals surface area contributed by atoms with Gasteiger partial charge in [0.2, 0.25) is 10.0 Å². The van der Waals surface area contributed by atoms with Gasteiger partial charge in [-0.3, -0.25) is 9.48 Å². The van der Waals surface area contributed by atoms with Crippen LogP contribution < -0.4 is 16.2 Å². The van der Waals surface area contributed by atoms with Crippen LogP contribution in [0.1, 0.15) is 17.4 Å². The van der Waals surface area contributed by atoms with Gasteiger partial charge in [-0.2, -0.15) is 5.10 Å². The molecule has 5 N–H and O–H groups in total. The van der Waals surface area contributed by atoms with Crippen LogP contribution in [-0.2, 0) is 16.6 Å². The standard InChI is InChI=1S/C12H15N5O3S/c1-2-17-7-10(13)11(16-17)12(18)15-8-3-5-9(6-4-8)21(14,19)20/h3-7H,2,13H2,1H3,(H,15,18)(H2,14,19,20). The number of aromatic nitrogens is 2. The fraction of sp³-hybridized carbons (Fsp3) is 0.167. The van der Waals surface area contributed by atoms with Crippen molar-refractivity contribution in [3.63, 3.8) is 0 Å². The molecule has 1 heterocycles. The molecule has 0 saturated carbocycles. The summed E-state index contributed by atoms with van der Waals surface area (Å²) in [6, 6.07) is 5.48. The second kappa shape index (κ2) is 5.54. The first-order valence-corrected chi connectivity index (χ1v) is 7.63. The fourth-order valence-electron chi connectivity index (χ4n) is 1.69. The first-order chi connectivity index (χ1) is 9.81. The lowest BCUT2D eigenvalue weighted by molar-refractivity contribution is 0.102. The van der Waals surface area contributed by atoms with Crippen LogP contribution >= 0.6 is 0 Å². The van der Waals surface area contributed by atoms with Crippen molar-refractivity contribution < 1.29 is 13.2 Å². The van der Waals surface area contributed by atoms with Crippen LogP contribution in [0.25, 0.3) is 0 Å². The van der Waals surface area contributed by atoms with Crippen LogP contribution in [0.5, 0.6) is 0 Å². The van der Waals surface area contributed by atoms with Gasteiger partial charge in [0.15, 0.2) is 5.69 Å². The third-order valence-electron chi connectivity index (χ3n) is 2.77. The molecular weight excluding hydrogens is 294 g/mol. The third kappa shape index (κ3) is 3.38. The average molecular weight is 309 g/mol. The minimum atomic E-state index is -3.76. The molecule has 0 radical (unpaired) electrons. The summed E-state index contributed by atoms with van der Waals surface area (Å²) in [5, 5.41) is 11.6. The molecule has 0 spiro atoms. The van der Waals surface area contributed by atoms with Crippen LogP contribution in [0.3, 0.4) is 0 Å². The second-order valence-electron chi connectivity index (χ2n) is 4.31. The van der Waals surface area contributed by atoms with E-state index in [0.717, 1.165) is 0 Å². The number of nitrogens with one attached hydrogen (secondary N) is 1. The maximum atomic E-state index is 12.0. The average Bonchev–Trinajstić information content (AvgIpc) is 2.80. The van der Waals surface area contributed by atoms with Crippen LogP contribution in [0.15, 0.2) is 35.4 Å². The first kappa shape index (κ1) is 15.0. The zero-order valence-corrected chi connectivity index (χ0v) is 12.1. The maximum absolute atomic E-state index is 12.0. The summed E-state index contributed by atoms with van der Waals surface area (Å²) in [7, 11) is -3.76. The smallest absolute Gasteiger partial charge is 0.278 e. The normalized spacial score (nSPS) is 11.3. The van der Waals surface area contributed by atoms with Crippen LogP contribution in [0.4, 0.5) is 11.4 Å². The van der Waals surface area contributed by atoms with Gasteiger partial charge in [-0.15, -0.1) is 0 Å². The van der Waals surface area contributed by atoms with E-state index >= 15 is 0 Å². The van der Waals surface area contributed by atoms with E-state index in [1.54, 1.807) is 10.9 Å². The lowest BCUT2D eigenvalue weighted by Gasteiger charge is -2.04. The van der Waals surface area contributed by atoms with Crippen molar-refractivity contribution >= 4 is 27.3 Å². The van der Waals surface area contributed by atoms with E-state index in [4.69, 9.17) is 10.9 Å². The topological polar surface area (TPSA) is 133 Å². The van der Waals surface area contributed by atoms with Crippen molar-refractivity contribution in [3.8, 4) is 0 Å². The minimum Gasteiger partial charge on any atom is -0.396 e. The predicted octanol–water partition coefficient (Wildman–Crippen LogP) is 0.385. The Morgan fingerprint density at radius 1 is 1.33 bits per heavy atom. The summed E-state index contributed by atoms with van der Waals surface area (Å²) in [5.74, 6) is -0.469. The largest absolute Gasteiger partial charge is 0.396 e. The van der Waals surface area contributed by atoms with Gasteiger partial charge in [0, 0.05) is 18.4 Å². The van der Waals surface area contributed by atoms with E-state index in [2.05, 4.69) is 10.4 Å². The zero-order chi connectivity index (χ0) is 15.6. The van der Waals surface area contributed by atoms with Crippen LogP contribution in [-0.4, -0.2) is 24.1 Å². The van der Waals surface area contributed by atoms with Gasteiger partial charge in [-0.05, 0) is 31.2 Å². The van der Waals surface area contributed by atoms with Crippen molar-refractivity contribution in [2.75, 3.05) is 11.1 Å². The van der Waals surface area contributed by atoms with Gasteiger partial charge in [0.25, 0.3) is 5.91 Å². The van der Waals surface area contributed by atoms with E-state index in [9.17, 15) is 13.2 Å². The first-order valence-electron chi connectivity index (χ1n) is 6.08. The molecule has 1 aromatic carbocycles. The molecule has 1 aromatic heterocycles. The number of hydrogen-bond donors (Lipinski definition) is 3. The quantitative estimate of drug-likeness (QED) is 0.751. The summed E-state index contributed by atoms with van der Waals surface area (Å²) >= 11 is 0. The number of anilines is 2. The maximum Gasteiger partial charge on any atom is 0.278 e. The lowest BCUT2D eigenvalue weighted by Crippen LogP contribution is -2.15. The second-order valence-corrected chi connectivity index (χ2v) is 5.87. The Labute approximate surface area is 121 Å². The number of hydrogen-bond acceptors (Lipinski definition) is 5. The SMILES string of the molecule is CCn1cc(N)c(C(=O)Nc2ccc(S(N)(=O)=O)cc2)n1. The molecule has 21 heavy (non-hydrogen) atoms. The highest BCUT2D eigenvalue weighted by molar-refractivity contribution is 7.89. The Morgan fingerprint density at radius 3 is 2.43 bits per heavy atom. The molecule has 0 fully saturated rings. The summed E-state index contributed by atoms with van der Waals surface area (Å²) < 4.78 is 23.8. The van der Waals surface area contributed by atoms with Crippen molar-refractivity contribution in [1.82, 2.24) is 9.78 Å². The highest BCUT2D eigenvalue weighted by Gasteiger charge is 2.15. The summed E-state index contributed by atoms with van der Waals surface area (Å²) in [6.07, 6.45) is 1.57. The number of nitrogens with two attached hydrogens (primary N) is 2. The molecule has 0 bridgehead atoms. The number of nitrogen functional groups attached to an aromatic ring is 1.